The van der Waals surface area contributed by atoms with Crippen molar-refractivity contribution in [1.29, 1.82) is 0 Å². The van der Waals surface area contributed by atoms with Crippen molar-refractivity contribution in [1.82, 2.24) is 4.90 Å². The summed E-state index contributed by atoms with van der Waals surface area (Å²) in [6, 6.07) is 3.30. The lowest BCUT2D eigenvalue weighted by molar-refractivity contribution is -0.0351. The first-order valence-electron chi connectivity index (χ1n) is 9.27. The molecule has 26 heavy (non-hydrogen) atoms. The molecule has 144 valence electrons. The zero-order chi connectivity index (χ0) is 18.7. The number of rotatable bonds is 5. The third-order valence-electron chi connectivity index (χ3n) is 5.70. The summed E-state index contributed by atoms with van der Waals surface area (Å²) in [5, 5.41) is 0. The Bertz CT molecular complexity index is 622. The predicted molar refractivity (Wildman–Crippen MR) is 98.2 cm³/mol. The molecule has 1 aromatic carbocycles. The zero-order valence-electron chi connectivity index (χ0n) is 16.1. The van der Waals surface area contributed by atoms with Crippen molar-refractivity contribution in [3.05, 3.63) is 17.7 Å². The molecule has 1 saturated carbocycles. The van der Waals surface area contributed by atoms with Gasteiger partial charge in [-0.05, 0) is 57.3 Å². The lowest BCUT2D eigenvalue weighted by Gasteiger charge is -2.43. The Hall–Kier alpha value is -1.95. The number of piperidine rings is 1. The second-order valence-corrected chi connectivity index (χ2v) is 7.26. The van der Waals surface area contributed by atoms with Crippen LogP contribution >= 0.6 is 0 Å². The van der Waals surface area contributed by atoms with E-state index in [0.717, 1.165) is 32.4 Å². The lowest BCUT2D eigenvalue weighted by Crippen LogP contribution is -2.46. The molecule has 0 spiro atoms. The number of fused-ring (bicyclic) bond motifs is 1. The smallest absolute Gasteiger partial charge is 0.338 e. The van der Waals surface area contributed by atoms with Crippen LogP contribution in [0.5, 0.6) is 17.2 Å². The molecule has 3 atom stereocenters. The molecule has 3 rings (SSSR count). The molecule has 1 aliphatic carbocycles. The molecule has 0 bridgehead atoms. The summed E-state index contributed by atoms with van der Waals surface area (Å²) in [6.45, 7) is 2.17. The summed E-state index contributed by atoms with van der Waals surface area (Å²) in [5.74, 6) is 2.15. The third-order valence-corrected chi connectivity index (χ3v) is 5.70. The van der Waals surface area contributed by atoms with Crippen molar-refractivity contribution in [2.75, 3.05) is 41.5 Å². The molecule has 0 amide bonds. The van der Waals surface area contributed by atoms with Crippen LogP contribution in [0.25, 0.3) is 0 Å². The maximum absolute atomic E-state index is 12.8. The van der Waals surface area contributed by atoms with E-state index in [1.54, 1.807) is 19.2 Å². The van der Waals surface area contributed by atoms with E-state index in [-0.39, 0.29) is 12.1 Å². The summed E-state index contributed by atoms with van der Waals surface area (Å²) in [5.41, 5.74) is 0.426. The first kappa shape index (κ1) is 18.8. The average molecular weight is 363 g/mol. The van der Waals surface area contributed by atoms with E-state index in [9.17, 15) is 4.79 Å². The Morgan fingerprint density at radius 1 is 1.04 bits per heavy atom. The van der Waals surface area contributed by atoms with Crippen molar-refractivity contribution >= 4 is 5.97 Å². The second-order valence-electron chi connectivity index (χ2n) is 7.26. The normalized spacial score (nSPS) is 25.9. The molecule has 0 aromatic heterocycles. The molecule has 1 aromatic rings. The van der Waals surface area contributed by atoms with E-state index in [4.69, 9.17) is 18.9 Å². The fourth-order valence-corrected chi connectivity index (χ4v) is 4.37. The molecule has 6 heteroatoms. The number of hydrogen-bond donors (Lipinski definition) is 0. The number of methoxy groups -OCH3 is 3. The standard InChI is InChI=1S/C20H29NO5/c1-21-9-8-15-13(12-21)6-5-7-16(15)26-20(22)14-10-17(23-2)19(25-4)18(11-14)24-3/h10-11,13,15-16H,5-9,12H2,1-4H3. The van der Waals surface area contributed by atoms with Gasteiger partial charge in [0.2, 0.25) is 5.75 Å². The van der Waals surface area contributed by atoms with Crippen LogP contribution in [-0.2, 0) is 4.74 Å². The molecule has 1 heterocycles. The largest absolute Gasteiger partial charge is 0.493 e. The van der Waals surface area contributed by atoms with Crippen LogP contribution in [0.15, 0.2) is 12.1 Å². The summed E-state index contributed by atoms with van der Waals surface area (Å²) in [7, 11) is 6.79. The van der Waals surface area contributed by atoms with Gasteiger partial charge in [0.1, 0.15) is 6.10 Å². The van der Waals surface area contributed by atoms with E-state index in [0.29, 0.717) is 34.6 Å². The van der Waals surface area contributed by atoms with Gasteiger partial charge in [-0.3, -0.25) is 0 Å². The number of benzene rings is 1. The van der Waals surface area contributed by atoms with Gasteiger partial charge < -0.3 is 23.8 Å². The topological polar surface area (TPSA) is 57.2 Å². The summed E-state index contributed by atoms with van der Waals surface area (Å²) >= 11 is 0. The Balaban J connectivity index is 1.77. The highest BCUT2D eigenvalue weighted by atomic mass is 16.5. The Labute approximate surface area is 155 Å². The fourth-order valence-electron chi connectivity index (χ4n) is 4.37. The highest BCUT2D eigenvalue weighted by Gasteiger charge is 2.38. The highest BCUT2D eigenvalue weighted by Crippen LogP contribution is 2.40. The minimum absolute atomic E-state index is 0.00552. The van der Waals surface area contributed by atoms with E-state index in [1.165, 1.54) is 20.6 Å². The maximum Gasteiger partial charge on any atom is 0.338 e. The van der Waals surface area contributed by atoms with Crippen LogP contribution in [-0.4, -0.2) is 58.4 Å². The fraction of sp³-hybridized carbons (Fsp3) is 0.650. The van der Waals surface area contributed by atoms with Gasteiger partial charge in [-0.15, -0.1) is 0 Å². The van der Waals surface area contributed by atoms with Crippen LogP contribution in [0.2, 0.25) is 0 Å². The molecule has 1 aliphatic heterocycles. The third kappa shape index (κ3) is 3.75. The number of carbonyl (C=O) groups is 1. The van der Waals surface area contributed by atoms with Crippen LogP contribution in [0.3, 0.4) is 0 Å². The van der Waals surface area contributed by atoms with Gasteiger partial charge in [0.25, 0.3) is 0 Å². The van der Waals surface area contributed by atoms with E-state index in [2.05, 4.69) is 11.9 Å². The maximum atomic E-state index is 12.8. The molecule has 3 unspecified atom stereocenters. The molecule has 2 aliphatic rings. The lowest BCUT2D eigenvalue weighted by atomic mass is 9.73. The first-order chi connectivity index (χ1) is 12.6. The monoisotopic (exact) mass is 363 g/mol. The molecule has 6 nitrogen and oxygen atoms in total. The molecule has 0 N–H and O–H groups in total. The molecule has 1 saturated heterocycles. The van der Waals surface area contributed by atoms with Crippen LogP contribution < -0.4 is 14.2 Å². The van der Waals surface area contributed by atoms with Crippen molar-refractivity contribution < 1.29 is 23.7 Å². The van der Waals surface area contributed by atoms with Gasteiger partial charge in [-0.2, -0.15) is 0 Å². The quantitative estimate of drug-likeness (QED) is 0.750. The van der Waals surface area contributed by atoms with Crippen LogP contribution in [0.1, 0.15) is 36.0 Å². The van der Waals surface area contributed by atoms with E-state index >= 15 is 0 Å². The summed E-state index contributed by atoms with van der Waals surface area (Å²) in [6.07, 6.45) is 4.37. The highest BCUT2D eigenvalue weighted by molar-refractivity contribution is 5.91. The van der Waals surface area contributed by atoms with E-state index in [1.807, 2.05) is 0 Å². The number of carbonyl (C=O) groups excluding carboxylic acids is 1. The Kier molecular flexibility index (Phi) is 5.91. The minimum Gasteiger partial charge on any atom is -0.493 e. The predicted octanol–water partition coefficient (Wildman–Crippen LogP) is 2.99. The van der Waals surface area contributed by atoms with Gasteiger partial charge in [-0.25, -0.2) is 4.79 Å². The summed E-state index contributed by atoms with van der Waals surface area (Å²) < 4.78 is 21.9. The number of esters is 1. The number of hydrogen-bond acceptors (Lipinski definition) is 6. The molecular formula is C20H29NO5. The Morgan fingerprint density at radius 3 is 2.35 bits per heavy atom. The molecular weight excluding hydrogens is 334 g/mol. The van der Waals surface area contributed by atoms with Crippen molar-refractivity contribution in [3.63, 3.8) is 0 Å². The molecule has 0 radical (unpaired) electrons. The van der Waals surface area contributed by atoms with Crippen molar-refractivity contribution in [2.45, 2.75) is 31.8 Å². The summed E-state index contributed by atoms with van der Waals surface area (Å²) in [4.78, 5) is 15.2. The van der Waals surface area contributed by atoms with Gasteiger partial charge in [0.05, 0.1) is 26.9 Å². The molecule has 2 fully saturated rings. The second kappa shape index (κ2) is 8.16. The minimum atomic E-state index is -0.325. The number of ether oxygens (including phenoxy) is 4. The number of nitrogens with zero attached hydrogens (tertiary/aromatic N) is 1. The van der Waals surface area contributed by atoms with Gasteiger partial charge >= 0.3 is 5.97 Å². The van der Waals surface area contributed by atoms with Crippen molar-refractivity contribution in [2.24, 2.45) is 11.8 Å². The van der Waals surface area contributed by atoms with Gasteiger partial charge in [0.15, 0.2) is 11.5 Å². The zero-order valence-corrected chi connectivity index (χ0v) is 16.1. The van der Waals surface area contributed by atoms with Gasteiger partial charge in [0, 0.05) is 12.5 Å². The Morgan fingerprint density at radius 2 is 1.73 bits per heavy atom. The first-order valence-corrected chi connectivity index (χ1v) is 9.27. The number of likely N-dealkylation sites (tertiary alicyclic amines) is 1. The van der Waals surface area contributed by atoms with Crippen molar-refractivity contribution in [3.8, 4) is 17.2 Å². The average Bonchev–Trinajstić information content (AvgIpc) is 2.66. The van der Waals surface area contributed by atoms with Crippen LogP contribution in [0, 0.1) is 11.8 Å². The van der Waals surface area contributed by atoms with E-state index < -0.39 is 0 Å². The van der Waals surface area contributed by atoms with Crippen LogP contribution in [0.4, 0.5) is 0 Å². The SMILES string of the molecule is COc1cc(C(=O)OC2CCCC3CN(C)CCC32)cc(OC)c1OC. The van der Waals surface area contributed by atoms with Gasteiger partial charge in [-0.1, -0.05) is 0 Å².